The topological polar surface area (TPSA) is 84.2 Å². The Bertz CT molecular complexity index is 575. The van der Waals surface area contributed by atoms with Crippen LogP contribution in [-0.2, 0) is 0 Å². The van der Waals surface area contributed by atoms with Crippen molar-refractivity contribution in [1.82, 2.24) is 20.7 Å². The summed E-state index contributed by atoms with van der Waals surface area (Å²) in [4.78, 5) is 13.8. The zero-order valence-corrected chi connectivity index (χ0v) is 11.1. The van der Waals surface area contributed by atoms with E-state index in [1.54, 1.807) is 6.07 Å². The van der Waals surface area contributed by atoms with Crippen LogP contribution >= 0.6 is 0 Å². The zero-order valence-electron chi connectivity index (χ0n) is 11.1. The SMILES string of the molecule is Cc1ccc(N2CC(CNC(=O)c3ccno3)C2)nn1. The number of carbonyl (C=O) groups excluding carboxylic acids is 1. The summed E-state index contributed by atoms with van der Waals surface area (Å²) in [5.74, 6) is 1.32. The Balaban J connectivity index is 1.44. The molecule has 0 saturated carbocycles. The van der Waals surface area contributed by atoms with E-state index in [1.165, 1.54) is 6.20 Å². The van der Waals surface area contributed by atoms with E-state index in [-0.39, 0.29) is 11.7 Å². The number of amides is 1. The van der Waals surface area contributed by atoms with Gasteiger partial charge in [0.15, 0.2) is 5.82 Å². The van der Waals surface area contributed by atoms with Crippen LogP contribution in [0.2, 0.25) is 0 Å². The van der Waals surface area contributed by atoms with Crippen molar-refractivity contribution in [3.8, 4) is 0 Å². The molecule has 1 fully saturated rings. The Morgan fingerprint density at radius 1 is 1.40 bits per heavy atom. The second-order valence-electron chi connectivity index (χ2n) is 4.89. The molecular weight excluding hydrogens is 258 g/mol. The van der Waals surface area contributed by atoms with Crippen molar-refractivity contribution in [2.75, 3.05) is 24.5 Å². The van der Waals surface area contributed by atoms with E-state index in [4.69, 9.17) is 4.52 Å². The summed E-state index contributed by atoms with van der Waals surface area (Å²) in [5.41, 5.74) is 0.908. The maximum absolute atomic E-state index is 11.7. The van der Waals surface area contributed by atoms with Gasteiger partial charge in [0.25, 0.3) is 5.91 Å². The fourth-order valence-electron chi connectivity index (χ4n) is 2.10. The van der Waals surface area contributed by atoms with E-state index in [1.807, 2.05) is 19.1 Å². The number of hydrogen-bond donors (Lipinski definition) is 1. The third-order valence-corrected chi connectivity index (χ3v) is 3.28. The molecule has 0 spiro atoms. The summed E-state index contributed by atoms with van der Waals surface area (Å²) in [6, 6.07) is 5.46. The van der Waals surface area contributed by atoms with Gasteiger partial charge in [0.1, 0.15) is 0 Å². The summed E-state index contributed by atoms with van der Waals surface area (Å²) >= 11 is 0. The van der Waals surface area contributed by atoms with Crippen molar-refractivity contribution in [3.05, 3.63) is 35.9 Å². The monoisotopic (exact) mass is 273 g/mol. The molecule has 1 saturated heterocycles. The van der Waals surface area contributed by atoms with E-state index in [9.17, 15) is 4.79 Å². The zero-order chi connectivity index (χ0) is 13.9. The van der Waals surface area contributed by atoms with E-state index >= 15 is 0 Å². The Morgan fingerprint density at radius 3 is 2.90 bits per heavy atom. The lowest BCUT2D eigenvalue weighted by atomic mass is 10.0. The largest absolute Gasteiger partial charge is 0.354 e. The highest BCUT2D eigenvalue weighted by Crippen LogP contribution is 2.21. The van der Waals surface area contributed by atoms with Gasteiger partial charge >= 0.3 is 0 Å². The molecule has 3 heterocycles. The lowest BCUT2D eigenvalue weighted by molar-refractivity contribution is 0.0907. The highest BCUT2D eigenvalue weighted by atomic mass is 16.5. The van der Waals surface area contributed by atoms with Crippen molar-refractivity contribution in [2.24, 2.45) is 5.92 Å². The normalized spacial score (nSPS) is 14.9. The van der Waals surface area contributed by atoms with E-state index in [2.05, 4.69) is 25.6 Å². The number of rotatable bonds is 4. The first-order chi connectivity index (χ1) is 9.72. The number of nitrogens with one attached hydrogen (secondary N) is 1. The predicted molar refractivity (Wildman–Crippen MR) is 71.3 cm³/mol. The lowest BCUT2D eigenvalue weighted by Gasteiger charge is -2.39. The molecule has 0 atom stereocenters. The fourth-order valence-corrected chi connectivity index (χ4v) is 2.10. The van der Waals surface area contributed by atoms with Gasteiger partial charge in [0, 0.05) is 31.6 Å². The third kappa shape index (κ3) is 2.61. The molecule has 1 amide bonds. The number of aryl methyl sites for hydroxylation is 1. The van der Waals surface area contributed by atoms with Crippen molar-refractivity contribution in [2.45, 2.75) is 6.92 Å². The molecule has 104 valence electrons. The van der Waals surface area contributed by atoms with Crippen LogP contribution in [-0.4, -0.2) is 40.9 Å². The summed E-state index contributed by atoms with van der Waals surface area (Å²) in [5, 5.41) is 14.5. The van der Waals surface area contributed by atoms with E-state index in [0.29, 0.717) is 12.5 Å². The highest BCUT2D eigenvalue weighted by Gasteiger charge is 2.28. The summed E-state index contributed by atoms with van der Waals surface area (Å²) < 4.78 is 4.79. The van der Waals surface area contributed by atoms with Crippen molar-refractivity contribution in [1.29, 1.82) is 0 Å². The van der Waals surface area contributed by atoms with Crippen LogP contribution < -0.4 is 10.2 Å². The van der Waals surface area contributed by atoms with Gasteiger partial charge in [-0.15, -0.1) is 5.10 Å². The maximum atomic E-state index is 11.7. The molecule has 1 aliphatic rings. The molecule has 0 radical (unpaired) electrons. The van der Waals surface area contributed by atoms with E-state index < -0.39 is 0 Å². The smallest absolute Gasteiger partial charge is 0.289 e. The number of anilines is 1. The molecule has 2 aromatic rings. The summed E-state index contributed by atoms with van der Waals surface area (Å²) in [7, 11) is 0. The molecule has 1 N–H and O–H groups in total. The fraction of sp³-hybridized carbons (Fsp3) is 0.385. The minimum Gasteiger partial charge on any atom is -0.354 e. The molecule has 20 heavy (non-hydrogen) atoms. The van der Waals surface area contributed by atoms with Crippen LogP contribution in [0, 0.1) is 12.8 Å². The Morgan fingerprint density at radius 2 is 2.25 bits per heavy atom. The Labute approximate surface area is 116 Å². The Kier molecular flexibility index (Phi) is 3.32. The van der Waals surface area contributed by atoms with Crippen molar-refractivity contribution < 1.29 is 9.32 Å². The van der Waals surface area contributed by atoms with Gasteiger partial charge in [-0.1, -0.05) is 5.16 Å². The molecule has 3 rings (SSSR count). The standard InChI is InChI=1S/C13H15N5O2/c1-9-2-3-12(17-16-9)18-7-10(8-18)6-14-13(19)11-4-5-15-20-11/h2-5,10H,6-8H2,1H3,(H,14,19). The van der Waals surface area contributed by atoms with Crippen LogP contribution in [0.3, 0.4) is 0 Å². The Hall–Kier alpha value is -2.44. The molecule has 7 nitrogen and oxygen atoms in total. The molecule has 1 aliphatic heterocycles. The van der Waals surface area contributed by atoms with Gasteiger partial charge < -0.3 is 14.7 Å². The van der Waals surface area contributed by atoms with Gasteiger partial charge in [-0.2, -0.15) is 5.10 Å². The van der Waals surface area contributed by atoms with Gasteiger partial charge in [-0.3, -0.25) is 4.79 Å². The quantitative estimate of drug-likeness (QED) is 0.880. The maximum Gasteiger partial charge on any atom is 0.289 e. The van der Waals surface area contributed by atoms with Crippen molar-refractivity contribution >= 4 is 11.7 Å². The van der Waals surface area contributed by atoms with Gasteiger partial charge in [-0.25, -0.2) is 0 Å². The van der Waals surface area contributed by atoms with Gasteiger partial charge in [0.2, 0.25) is 5.76 Å². The molecular formula is C13H15N5O2. The lowest BCUT2D eigenvalue weighted by Crippen LogP contribution is -2.51. The van der Waals surface area contributed by atoms with Gasteiger partial charge in [-0.05, 0) is 19.1 Å². The highest BCUT2D eigenvalue weighted by molar-refractivity contribution is 5.91. The summed E-state index contributed by atoms with van der Waals surface area (Å²) in [6.07, 6.45) is 1.45. The minimum atomic E-state index is -0.226. The molecule has 0 aromatic carbocycles. The number of hydrogen-bond acceptors (Lipinski definition) is 6. The van der Waals surface area contributed by atoms with Crippen LogP contribution in [0.15, 0.2) is 28.9 Å². The van der Waals surface area contributed by atoms with Gasteiger partial charge in [0.05, 0.1) is 11.9 Å². The minimum absolute atomic E-state index is 0.226. The van der Waals surface area contributed by atoms with Crippen LogP contribution in [0.4, 0.5) is 5.82 Å². The molecule has 0 unspecified atom stereocenters. The number of nitrogens with zero attached hydrogens (tertiary/aromatic N) is 4. The average Bonchev–Trinajstić information content (AvgIpc) is 2.92. The van der Waals surface area contributed by atoms with Crippen LogP contribution in [0.25, 0.3) is 0 Å². The first-order valence-corrected chi connectivity index (χ1v) is 6.46. The van der Waals surface area contributed by atoms with E-state index in [0.717, 1.165) is 24.6 Å². The molecule has 0 bridgehead atoms. The third-order valence-electron chi connectivity index (χ3n) is 3.28. The second kappa shape index (κ2) is 5.28. The predicted octanol–water partition coefficient (Wildman–Crippen LogP) is 0.639. The average molecular weight is 273 g/mol. The molecule has 2 aromatic heterocycles. The van der Waals surface area contributed by atoms with Crippen LogP contribution in [0.5, 0.6) is 0 Å². The van der Waals surface area contributed by atoms with Crippen LogP contribution in [0.1, 0.15) is 16.2 Å². The molecule has 0 aliphatic carbocycles. The molecule has 7 heteroatoms. The number of carbonyl (C=O) groups is 1. The first kappa shape index (κ1) is 12.6. The van der Waals surface area contributed by atoms with Crippen molar-refractivity contribution in [3.63, 3.8) is 0 Å². The second-order valence-corrected chi connectivity index (χ2v) is 4.89. The first-order valence-electron chi connectivity index (χ1n) is 6.46. The summed E-state index contributed by atoms with van der Waals surface area (Å²) in [6.45, 7) is 4.27. The number of aromatic nitrogens is 3.